The second kappa shape index (κ2) is 6.53. The summed E-state index contributed by atoms with van der Waals surface area (Å²) >= 11 is 0. The van der Waals surface area contributed by atoms with Gasteiger partial charge in [0.15, 0.2) is 12.2 Å². The van der Waals surface area contributed by atoms with Gasteiger partial charge in [0.2, 0.25) is 5.71 Å². The van der Waals surface area contributed by atoms with Crippen molar-refractivity contribution in [2.75, 3.05) is 6.54 Å². The summed E-state index contributed by atoms with van der Waals surface area (Å²) in [5.74, 6) is 0. The minimum Gasteiger partial charge on any atom is -0.256 e. The van der Waals surface area contributed by atoms with Crippen molar-refractivity contribution in [2.24, 2.45) is 10.3 Å². The molecule has 2 aromatic heterocycles. The van der Waals surface area contributed by atoms with E-state index < -0.39 is 0 Å². The molecule has 0 fully saturated rings. The molecule has 5 nitrogen and oxygen atoms in total. The van der Waals surface area contributed by atoms with E-state index in [0.717, 1.165) is 33.7 Å². The Labute approximate surface area is 156 Å². The summed E-state index contributed by atoms with van der Waals surface area (Å²) in [5.41, 5.74) is 4.74. The van der Waals surface area contributed by atoms with E-state index >= 15 is 0 Å². The van der Waals surface area contributed by atoms with E-state index in [1.807, 2.05) is 59.4 Å². The molecular formula is C22H16N5+. The predicted molar refractivity (Wildman–Crippen MR) is 105 cm³/mol. The fourth-order valence-electron chi connectivity index (χ4n) is 3.29. The number of aromatic nitrogens is 2. The van der Waals surface area contributed by atoms with Gasteiger partial charge in [-0.25, -0.2) is 0 Å². The molecule has 27 heavy (non-hydrogen) atoms. The Bertz CT molecular complexity index is 1190. The van der Waals surface area contributed by atoms with Crippen molar-refractivity contribution in [1.82, 2.24) is 9.97 Å². The lowest BCUT2D eigenvalue weighted by atomic mass is 10.0. The van der Waals surface area contributed by atoms with E-state index in [-0.39, 0.29) is 0 Å². The Balaban J connectivity index is 1.49. The number of rotatable bonds is 3. The van der Waals surface area contributed by atoms with Crippen molar-refractivity contribution in [3.63, 3.8) is 0 Å². The summed E-state index contributed by atoms with van der Waals surface area (Å²) in [7, 11) is 0. The van der Waals surface area contributed by atoms with Gasteiger partial charge in [-0.3, -0.25) is 9.97 Å². The SMILES string of the molecule is c1ccc(C2=NN=[N+](c3cccc(-c4nccc5ccccc45)c3)C2)nc1. The molecule has 0 bridgehead atoms. The predicted octanol–water partition coefficient (Wildman–Crippen LogP) is 4.81. The van der Waals surface area contributed by atoms with Crippen molar-refractivity contribution in [1.29, 1.82) is 0 Å². The molecule has 0 aliphatic carbocycles. The van der Waals surface area contributed by atoms with Gasteiger partial charge in [0.1, 0.15) is 10.9 Å². The van der Waals surface area contributed by atoms with Crippen LogP contribution in [-0.4, -0.2) is 26.9 Å². The second-order valence-corrected chi connectivity index (χ2v) is 6.34. The zero-order valence-corrected chi connectivity index (χ0v) is 14.5. The molecule has 0 N–H and O–H groups in total. The van der Waals surface area contributed by atoms with Crippen LogP contribution in [0.25, 0.3) is 22.0 Å². The van der Waals surface area contributed by atoms with Crippen LogP contribution in [0, 0.1) is 0 Å². The van der Waals surface area contributed by atoms with Crippen LogP contribution < -0.4 is 0 Å². The summed E-state index contributed by atoms with van der Waals surface area (Å²) in [6, 6.07) is 24.4. The first-order valence-electron chi connectivity index (χ1n) is 8.79. The largest absolute Gasteiger partial charge is 0.256 e. The maximum Gasteiger partial charge on any atom is 0.249 e. The van der Waals surface area contributed by atoms with E-state index in [1.165, 1.54) is 5.39 Å². The van der Waals surface area contributed by atoms with Crippen LogP contribution in [0.3, 0.4) is 0 Å². The van der Waals surface area contributed by atoms with Crippen LogP contribution in [0.5, 0.6) is 0 Å². The number of pyridine rings is 2. The molecular weight excluding hydrogens is 334 g/mol. The third kappa shape index (κ3) is 2.89. The Hall–Kier alpha value is -3.73. The lowest BCUT2D eigenvalue weighted by molar-refractivity contribution is -0.492. The fourth-order valence-corrected chi connectivity index (χ4v) is 3.29. The van der Waals surface area contributed by atoms with Gasteiger partial charge in [0.05, 0.1) is 10.8 Å². The zero-order chi connectivity index (χ0) is 18.1. The van der Waals surface area contributed by atoms with Crippen molar-refractivity contribution < 1.29 is 4.70 Å². The highest BCUT2D eigenvalue weighted by atomic mass is 15.5. The highest BCUT2D eigenvalue weighted by Gasteiger charge is 2.24. The minimum atomic E-state index is 0.601. The molecule has 2 aromatic carbocycles. The number of hydrogen-bond acceptors (Lipinski definition) is 4. The third-order valence-corrected chi connectivity index (χ3v) is 4.62. The first-order chi connectivity index (χ1) is 13.4. The van der Waals surface area contributed by atoms with Gasteiger partial charge in [-0.2, -0.15) is 0 Å². The Morgan fingerprint density at radius 2 is 1.70 bits per heavy atom. The molecule has 5 heteroatoms. The first kappa shape index (κ1) is 15.5. The molecule has 1 aliphatic rings. The molecule has 0 spiro atoms. The number of fused-ring (bicyclic) bond motifs is 1. The number of hydrogen-bond donors (Lipinski definition) is 0. The number of benzene rings is 2. The molecule has 0 saturated carbocycles. The average molecular weight is 350 g/mol. The molecule has 0 unspecified atom stereocenters. The Morgan fingerprint density at radius 3 is 2.63 bits per heavy atom. The maximum absolute atomic E-state index is 4.62. The molecule has 0 atom stereocenters. The van der Waals surface area contributed by atoms with Gasteiger partial charge < -0.3 is 0 Å². The van der Waals surface area contributed by atoms with Gasteiger partial charge in [0.25, 0.3) is 0 Å². The van der Waals surface area contributed by atoms with Crippen molar-refractivity contribution in [3.8, 4) is 11.3 Å². The Morgan fingerprint density at radius 1 is 0.778 bits per heavy atom. The summed E-state index contributed by atoms with van der Waals surface area (Å²) in [6.07, 6.45) is 3.63. The molecule has 0 amide bonds. The first-order valence-corrected chi connectivity index (χ1v) is 8.79. The highest BCUT2D eigenvalue weighted by Crippen LogP contribution is 2.29. The molecule has 128 valence electrons. The van der Waals surface area contributed by atoms with Gasteiger partial charge >= 0.3 is 0 Å². The number of nitrogens with zero attached hydrogens (tertiary/aromatic N) is 5. The topological polar surface area (TPSA) is 53.5 Å². The van der Waals surface area contributed by atoms with Crippen LogP contribution in [0.15, 0.2) is 95.5 Å². The van der Waals surface area contributed by atoms with E-state index in [9.17, 15) is 0 Å². The minimum absolute atomic E-state index is 0.601. The van der Waals surface area contributed by atoms with Gasteiger partial charge in [0, 0.05) is 23.3 Å². The van der Waals surface area contributed by atoms with E-state index in [0.29, 0.717) is 6.54 Å². The van der Waals surface area contributed by atoms with Gasteiger partial charge in [-0.05, 0) is 35.7 Å². The van der Waals surface area contributed by atoms with Crippen LogP contribution in [0.2, 0.25) is 0 Å². The summed E-state index contributed by atoms with van der Waals surface area (Å²) < 4.78 is 1.89. The van der Waals surface area contributed by atoms with Crippen molar-refractivity contribution in [3.05, 3.63) is 90.9 Å². The highest BCUT2D eigenvalue weighted by molar-refractivity contribution is 6.00. The molecule has 1 aliphatic heterocycles. The summed E-state index contributed by atoms with van der Waals surface area (Å²) in [5, 5.41) is 10.9. The van der Waals surface area contributed by atoms with Crippen molar-refractivity contribution >= 4 is 22.2 Å². The molecule has 3 heterocycles. The van der Waals surface area contributed by atoms with Crippen LogP contribution in [0.4, 0.5) is 5.69 Å². The Kier molecular flexibility index (Phi) is 3.76. The maximum atomic E-state index is 4.62. The van der Waals surface area contributed by atoms with Gasteiger partial charge in [-0.15, -0.1) is 4.70 Å². The standard InChI is InChI=1S/C22H16N5/c1-2-9-19-16(6-1)11-13-24-22(19)17-7-5-8-18(14-17)27-15-21(25-26-27)20-10-3-4-12-23-20/h1-14H,15H2/q+1. The van der Waals surface area contributed by atoms with E-state index in [2.05, 4.69) is 44.6 Å². The fraction of sp³-hybridized carbons (Fsp3) is 0.0455. The van der Waals surface area contributed by atoms with E-state index in [1.54, 1.807) is 6.20 Å². The summed E-state index contributed by atoms with van der Waals surface area (Å²) in [6.45, 7) is 0.601. The normalized spacial score (nSPS) is 13.5. The smallest absolute Gasteiger partial charge is 0.249 e. The molecule has 0 saturated heterocycles. The molecule has 4 aromatic rings. The third-order valence-electron chi connectivity index (χ3n) is 4.62. The quantitative estimate of drug-likeness (QED) is 0.498. The van der Waals surface area contributed by atoms with Crippen LogP contribution in [0.1, 0.15) is 5.69 Å². The average Bonchev–Trinajstić information content (AvgIpc) is 3.24. The zero-order valence-electron chi connectivity index (χ0n) is 14.5. The second-order valence-electron chi connectivity index (χ2n) is 6.34. The lowest BCUT2D eigenvalue weighted by Gasteiger charge is -2.07. The molecule has 5 rings (SSSR count). The molecule has 0 radical (unpaired) electrons. The summed E-state index contributed by atoms with van der Waals surface area (Å²) in [4.78, 5) is 8.98. The van der Waals surface area contributed by atoms with Crippen LogP contribution in [-0.2, 0) is 0 Å². The van der Waals surface area contributed by atoms with E-state index in [4.69, 9.17) is 0 Å². The lowest BCUT2D eigenvalue weighted by Crippen LogP contribution is -2.12. The van der Waals surface area contributed by atoms with Gasteiger partial charge in [-0.1, -0.05) is 42.5 Å². The monoisotopic (exact) mass is 350 g/mol. The van der Waals surface area contributed by atoms with Crippen LogP contribution >= 0.6 is 0 Å². The van der Waals surface area contributed by atoms with Crippen molar-refractivity contribution in [2.45, 2.75) is 0 Å².